The first-order chi connectivity index (χ1) is 14.0. The zero-order valence-electron chi connectivity index (χ0n) is 16.3. The van der Waals surface area contributed by atoms with E-state index in [2.05, 4.69) is 20.2 Å². The van der Waals surface area contributed by atoms with Crippen molar-refractivity contribution in [2.24, 2.45) is 0 Å². The van der Waals surface area contributed by atoms with Crippen molar-refractivity contribution >= 4 is 34.8 Å². The Hall–Kier alpha value is -3.20. The number of nitrogens with one attached hydrogen (secondary N) is 1. The van der Waals surface area contributed by atoms with E-state index >= 15 is 0 Å². The van der Waals surface area contributed by atoms with E-state index in [1.807, 2.05) is 6.07 Å². The van der Waals surface area contributed by atoms with Crippen molar-refractivity contribution in [2.45, 2.75) is 25.1 Å². The van der Waals surface area contributed by atoms with Crippen molar-refractivity contribution in [3.05, 3.63) is 35.5 Å². The predicted octanol–water partition coefficient (Wildman–Crippen LogP) is 1.10. The first kappa shape index (κ1) is 17.9. The van der Waals surface area contributed by atoms with Gasteiger partial charge in [-0.1, -0.05) is 6.07 Å². The molecule has 1 unspecified atom stereocenters. The average Bonchev–Trinajstić information content (AvgIpc) is 3.27. The number of carbonyl (C=O) groups excluding carboxylic acids is 2. The topological polar surface area (TPSA) is 102 Å². The van der Waals surface area contributed by atoms with Crippen LogP contribution >= 0.6 is 0 Å². The molecule has 1 saturated heterocycles. The third-order valence-corrected chi connectivity index (χ3v) is 6.05. The summed E-state index contributed by atoms with van der Waals surface area (Å²) in [5.74, 6) is 0.481. The smallest absolute Gasteiger partial charge is 0.263 e. The minimum atomic E-state index is -1.23. The maximum absolute atomic E-state index is 13.5. The highest BCUT2D eigenvalue weighted by molar-refractivity contribution is 6.18. The summed E-state index contributed by atoms with van der Waals surface area (Å²) in [5, 5.41) is 13.2. The largest absolute Gasteiger partial charge is 0.367 e. The Kier molecular flexibility index (Phi) is 3.95. The van der Waals surface area contributed by atoms with Gasteiger partial charge in [0.25, 0.3) is 5.91 Å². The fourth-order valence-corrected chi connectivity index (χ4v) is 4.55. The highest BCUT2D eigenvalue weighted by Crippen LogP contribution is 2.40. The highest BCUT2D eigenvalue weighted by Gasteiger charge is 2.41. The molecule has 2 atom stereocenters. The molecule has 2 N–H and O–H groups in total. The van der Waals surface area contributed by atoms with E-state index in [0.717, 1.165) is 19.4 Å². The molecule has 2 aromatic rings. The lowest BCUT2D eigenvalue weighted by atomic mass is 10.1. The van der Waals surface area contributed by atoms with Crippen LogP contribution in [0, 0.1) is 0 Å². The number of amides is 1. The average molecular weight is 394 g/mol. The summed E-state index contributed by atoms with van der Waals surface area (Å²) in [6.07, 6.45) is 2.27. The number of ketones is 1. The molecule has 3 aliphatic rings. The zero-order valence-corrected chi connectivity index (χ0v) is 16.3. The van der Waals surface area contributed by atoms with Crippen molar-refractivity contribution in [2.75, 3.05) is 47.2 Å². The number of nitrogens with zero attached hydrogens (tertiary/aromatic N) is 5. The number of Topliss-reactive ketones (excluding diaryl/α,β-unsaturated/α-hetero) is 1. The molecular formula is C20H22N6O3. The summed E-state index contributed by atoms with van der Waals surface area (Å²) in [7, 11) is 3.41. The number of likely N-dealkylation sites (N-methyl/N-ethyl adjacent to an activating group) is 1. The second-order valence-corrected chi connectivity index (χ2v) is 7.61. The van der Waals surface area contributed by atoms with Crippen molar-refractivity contribution < 1.29 is 14.7 Å². The SMILES string of the molecule is CNc1ncc2c(n1)N1CCC[C@H]1CN(c1cccc3c1C(=O)C(O)N3C)C2=O. The minimum absolute atomic E-state index is 0.106. The minimum Gasteiger partial charge on any atom is -0.367 e. The van der Waals surface area contributed by atoms with E-state index in [-0.39, 0.29) is 17.7 Å². The van der Waals surface area contributed by atoms with Gasteiger partial charge in [0.05, 0.1) is 16.9 Å². The van der Waals surface area contributed by atoms with Gasteiger partial charge in [-0.3, -0.25) is 9.59 Å². The molecule has 9 heteroatoms. The van der Waals surface area contributed by atoms with Crippen LogP contribution < -0.4 is 20.0 Å². The van der Waals surface area contributed by atoms with Gasteiger partial charge in [-0.2, -0.15) is 4.98 Å². The molecule has 5 rings (SSSR count). The number of aliphatic hydroxyl groups is 1. The van der Waals surface area contributed by atoms with Gasteiger partial charge in [0.1, 0.15) is 11.4 Å². The molecular weight excluding hydrogens is 372 g/mol. The van der Waals surface area contributed by atoms with Crippen molar-refractivity contribution in [1.29, 1.82) is 0 Å². The van der Waals surface area contributed by atoms with E-state index in [0.29, 0.717) is 40.8 Å². The van der Waals surface area contributed by atoms with Gasteiger partial charge in [-0.05, 0) is 25.0 Å². The van der Waals surface area contributed by atoms with Gasteiger partial charge in [-0.25, -0.2) is 4.98 Å². The molecule has 3 aliphatic heterocycles. The Balaban J connectivity index is 1.66. The zero-order chi connectivity index (χ0) is 20.3. The van der Waals surface area contributed by atoms with E-state index in [4.69, 9.17) is 0 Å². The second-order valence-electron chi connectivity index (χ2n) is 7.61. The first-order valence-corrected chi connectivity index (χ1v) is 9.72. The normalized spacial score (nSPS) is 23.1. The summed E-state index contributed by atoms with van der Waals surface area (Å²) in [6, 6.07) is 5.47. The first-order valence-electron chi connectivity index (χ1n) is 9.72. The molecule has 0 spiro atoms. The van der Waals surface area contributed by atoms with Crippen LogP contribution in [-0.4, -0.2) is 66.2 Å². The van der Waals surface area contributed by atoms with Gasteiger partial charge in [0.2, 0.25) is 11.7 Å². The summed E-state index contributed by atoms with van der Waals surface area (Å²) in [6.45, 7) is 1.28. The molecule has 1 aromatic heterocycles. The standard InChI is InChI=1S/C20H22N6O3/c1-21-20-22-9-12-17(23-20)25-8-4-5-11(25)10-26(18(12)28)14-7-3-6-13-15(14)16(27)19(29)24(13)2/h3,6-7,9,11,19,29H,4-5,8,10H2,1-2H3,(H,21,22,23)/t11-,19?/m0/s1. The van der Waals surface area contributed by atoms with Crippen LogP contribution in [0.5, 0.6) is 0 Å². The molecule has 0 bridgehead atoms. The fraction of sp³-hybridized carbons (Fsp3) is 0.400. The number of aromatic nitrogens is 2. The van der Waals surface area contributed by atoms with Crippen LogP contribution in [0.15, 0.2) is 24.4 Å². The Morgan fingerprint density at radius 1 is 1.24 bits per heavy atom. The molecule has 9 nitrogen and oxygen atoms in total. The van der Waals surface area contributed by atoms with Crippen molar-refractivity contribution in [3.63, 3.8) is 0 Å². The Bertz CT molecular complexity index is 1030. The molecule has 29 heavy (non-hydrogen) atoms. The third kappa shape index (κ3) is 2.50. The molecule has 0 radical (unpaired) electrons. The summed E-state index contributed by atoms with van der Waals surface area (Å²) in [5.41, 5.74) is 1.96. The third-order valence-electron chi connectivity index (χ3n) is 6.05. The molecule has 0 saturated carbocycles. The van der Waals surface area contributed by atoms with Gasteiger partial charge in [0.15, 0.2) is 6.23 Å². The van der Waals surface area contributed by atoms with Gasteiger partial charge in [0, 0.05) is 39.4 Å². The van der Waals surface area contributed by atoms with Gasteiger partial charge < -0.3 is 25.1 Å². The number of aliphatic hydroxyl groups excluding tert-OH is 1. The highest BCUT2D eigenvalue weighted by atomic mass is 16.3. The number of hydrogen-bond donors (Lipinski definition) is 2. The molecule has 1 aromatic carbocycles. The lowest BCUT2D eigenvalue weighted by Gasteiger charge is -2.28. The van der Waals surface area contributed by atoms with Gasteiger partial charge >= 0.3 is 0 Å². The molecule has 4 heterocycles. The van der Waals surface area contributed by atoms with Crippen LogP contribution in [-0.2, 0) is 0 Å². The summed E-state index contributed by atoms with van der Waals surface area (Å²) >= 11 is 0. The van der Waals surface area contributed by atoms with Crippen LogP contribution in [0.3, 0.4) is 0 Å². The summed E-state index contributed by atoms with van der Waals surface area (Å²) < 4.78 is 0. The van der Waals surface area contributed by atoms with Crippen LogP contribution in [0.25, 0.3) is 0 Å². The second kappa shape index (κ2) is 6.41. The maximum Gasteiger partial charge on any atom is 0.263 e. The number of fused-ring (bicyclic) bond motifs is 4. The van der Waals surface area contributed by atoms with Crippen molar-refractivity contribution in [1.82, 2.24) is 9.97 Å². The number of benzene rings is 1. The van der Waals surface area contributed by atoms with Crippen LogP contribution in [0.4, 0.5) is 23.1 Å². The van der Waals surface area contributed by atoms with E-state index in [1.165, 1.54) is 4.90 Å². The number of hydrogen-bond acceptors (Lipinski definition) is 8. The molecule has 1 fully saturated rings. The quantitative estimate of drug-likeness (QED) is 0.781. The van der Waals surface area contributed by atoms with E-state index < -0.39 is 6.23 Å². The van der Waals surface area contributed by atoms with Gasteiger partial charge in [-0.15, -0.1) is 0 Å². The Morgan fingerprint density at radius 3 is 2.83 bits per heavy atom. The Morgan fingerprint density at radius 2 is 2.03 bits per heavy atom. The van der Waals surface area contributed by atoms with Crippen LogP contribution in [0.2, 0.25) is 0 Å². The fourth-order valence-electron chi connectivity index (χ4n) is 4.55. The van der Waals surface area contributed by atoms with Crippen LogP contribution in [0.1, 0.15) is 33.6 Å². The molecule has 1 amide bonds. The number of rotatable bonds is 2. The number of anilines is 4. The monoisotopic (exact) mass is 394 g/mol. The summed E-state index contributed by atoms with van der Waals surface area (Å²) in [4.78, 5) is 40.5. The van der Waals surface area contributed by atoms with E-state index in [1.54, 1.807) is 37.3 Å². The van der Waals surface area contributed by atoms with E-state index in [9.17, 15) is 14.7 Å². The Labute approximate surface area is 168 Å². The van der Waals surface area contributed by atoms with Crippen molar-refractivity contribution in [3.8, 4) is 0 Å². The predicted molar refractivity (Wildman–Crippen MR) is 109 cm³/mol. The number of carbonyl (C=O) groups is 2. The lowest BCUT2D eigenvalue weighted by molar-refractivity contribution is 0.0778. The molecule has 150 valence electrons. The lowest BCUT2D eigenvalue weighted by Crippen LogP contribution is -2.40. The molecule has 0 aliphatic carbocycles. The maximum atomic E-state index is 13.5.